The van der Waals surface area contributed by atoms with Crippen LogP contribution in [0.25, 0.3) is 0 Å². The van der Waals surface area contributed by atoms with Crippen LogP contribution in [0.4, 0.5) is 5.69 Å². The Hall–Kier alpha value is -2.49. The van der Waals surface area contributed by atoms with E-state index in [4.69, 9.17) is 0 Å². The second kappa shape index (κ2) is 10.2. The molecule has 31 heavy (non-hydrogen) atoms. The van der Waals surface area contributed by atoms with E-state index >= 15 is 0 Å². The Morgan fingerprint density at radius 3 is 2.26 bits per heavy atom. The lowest BCUT2D eigenvalue weighted by atomic mass is 10.1. The standard InChI is InChI=1S/C22H19Br2N3O3S/c1-16(17-10-12-18(23)13-11-17)25-26-22(28)15-27(20-7-5-6-19(24)14-20)31(29,30)21-8-3-2-4-9-21/h2-14H,15H2,1H3,(H,26,28)/b25-16-. The van der Waals surface area contributed by atoms with Crippen molar-refractivity contribution in [1.82, 2.24) is 5.43 Å². The molecule has 160 valence electrons. The molecule has 0 aromatic heterocycles. The predicted molar refractivity (Wildman–Crippen MR) is 130 cm³/mol. The van der Waals surface area contributed by atoms with Crippen molar-refractivity contribution in [2.75, 3.05) is 10.8 Å². The number of nitrogens with zero attached hydrogens (tertiary/aromatic N) is 2. The molecular formula is C22H19Br2N3O3S. The SMILES string of the molecule is C/C(=N/NC(=O)CN(c1cccc(Br)c1)S(=O)(=O)c1ccccc1)c1ccc(Br)cc1. The van der Waals surface area contributed by atoms with Gasteiger partial charge in [-0.05, 0) is 55.0 Å². The maximum atomic E-state index is 13.3. The van der Waals surface area contributed by atoms with E-state index in [1.165, 1.54) is 12.1 Å². The molecule has 0 saturated carbocycles. The minimum absolute atomic E-state index is 0.0947. The molecule has 0 saturated heterocycles. The number of sulfonamides is 1. The number of amides is 1. The molecule has 0 aliphatic rings. The predicted octanol–water partition coefficient (Wildman–Crippen LogP) is 4.95. The molecule has 3 aromatic rings. The second-order valence-corrected chi connectivity index (χ2v) is 10.2. The van der Waals surface area contributed by atoms with E-state index in [9.17, 15) is 13.2 Å². The number of hydrogen-bond donors (Lipinski definition) is 1. The molecule has 1 amide bonds. The van der Waals surface area contributed by atoms with Crippen LogP contribution in [0, 0.1) is 0 Å². The molecule has 0 aliphatic carbocycles. The topological polar surface area (TPSA) is 78.8 Å². The van der Waals surface area contributed by atoms with E-state index in [2.05, 4.69) is 42.4 Å². The highest BCUT2D eigenvalue weighted by Crippen LogP contribution is 2.26. The van der Waals surface area contributed by atoms with Crippen molar-refractivity contribution in [2.24, 2.45) is 5.10 Å². The summed E-state index contributed by atoms with van der Waals surface area (Å²) in [5.41, 5.74) is 4.25. The third-order valence-electron chi connectivity index (χ3n) is 4.32. The van der Waals surface area contributed by atoms with Crippen LogP contribution < -0.4 is 9.73 Å². The fourth-order valence-corrected chi connectivity index (χ4v) is 4.82. The summed E-state index contributed by atoms with van der Waals surface area (Å²) in [5, 5.41) is 4.11. The molecule has 0 bridgehead atoms. The van der Waals surface area contributed by atoms with Crippen molar-refractivity contribution in [2.45, 2.75) is 11.8 Å². The molecule has 0 spiro atoms. The number of nitrogens with one attached hydrogen (secondary N) is 1. The summed E-state index contributed by atoms with van der Waals surface area (Å²) in [6, 6.07) is 22.2. The Morgan fingerprint density at radius 2 is 1.61 bits per heavy atom. The number of benzene rings is 3. The summed E-state index contributed by atoms with van der Waals surface area (Å²) in [6.45, 7) is 1.33. The zero-order valence-electron chi connectivity index (χ0n) is 16.5. The first-order valence-electron chi connectivity index (χ1n) is 9.20. The smallest absolute Gasteiger partial charge is 0.264 e. The second-order valence-electron chi connectivity index (χ2n) is 6.54. The van der Waals surface area contributed by atoms with Gasteiger partial charge in [0.25, 0.3) is 15.9 Å². The maximum absolute atomic E-state index is 13.3. The third kappa shape index (κ3) is 6.03. The Bertz CT molecular complexity index is 1200. The number of rotatable bonds is 7. The lowest BCUT2D eigenvalue weighted by Gasteiger charge is -2.24. The van der Waals surface area contributed by atoms with Crippen LogP contribution in [0.5, 0.6) is 0 Å². The average Bonchev–Trinajstić information content (AvgIpc) is 2.76. The molecule has 0 heterocycles. The number of anilines is 1. The fraction of sp³-hybridized carbons (Fsp3) is 0.0909. The van der Waals surface area contributed by atoms with E-state index in [1.54, 1.807) is 49.4 Å². The van der Waals surface area contributed by atoms with Crippen LogP contribution in [-0.2, 0) is 14.8 Å². The quantitative estimate of drug-likeness (QED) is 0.326. The minimum Gasteiger partial charge on any atom is -0.271 e. The minimum atomic E-state index is -3.96. The number of hydrazone groups is 1. The van der Waals surface area contributed by atoms with Crippen LogP contribution in [0.2, 0.25) is 0 Å². The van der Waals surface area contributed by atoms with Gasteiger partial charge in [0.1, 0.15) is 6.54 Å². The molecule has 0 aliphatic heterocycles. The zero-order valence-corrected chi connectivity index (χ0v) is 20.5. The number of carbonyl (C=O) groups is 1. The van der Waals surface area contributed by atoms with Crippen LogP contribution in [0.1, 0.15) is 12.5 Å². The fourth-order valence-electron chi connectivity index (χ4n) is 2.73. The third-order valence-corrected chi connectivity index (χ3v) is 7.13. The van der Waals surface area contributed by atoms with Crippen LogP contribution in [0.15, 0.2) is 97.8 Å². The van der Waals surface area contributed by atoms with Gasteiger partial charge in [-0.3, -0.25) is 9.10 Å². The summed E-state index contributed by atoms with van der Waals surface area (Å²) in [4.78, 5) is 12.7. The highest BCUT2D eigenvalue weighted by Gasteiger charge is 2.27. The van der Waals surface area contributed by atoms with Crippen LogP contribution >= 0.6 is 31.9 Å². The number of hydrogen-bond acceptors (Lipinski definition) is 4. The Morgan fingerprint density at radius 1 is 0.935 bits per heavy atom. The van der Waals surface area contributed by atoms with E-state index < -0.39 is 22.5 Å². The van der Waals surface area contributed by atoms with Gasteiger partial charge in [-0.25, -0.2) is 13.8 Å². The Kier molecular flexibility index (Phi) is 7.64. The van der Waals surface area contributed by atoms with E-state index in [-0.39, 0.29) is 4.90 Å². The first-order valence-corrected chi connectivity index (χ1v) is 12.2. The average molecular weight is 565 g/mol. The number of halogens is 2. The van der Waals surface area contributed by atoms with Crippen molar-refractivity contribution in [3.05, 3.63) is 93.4 Å². The first kappa shape index (κ1) is 23.2. The van der Waals surface area contributed by atoms with Crippen molar-refractivity contribution >= 4 is 59.2 Å². The van der Waals surface area contributed by atoms with Gasteiger partial charge >= 0.3 is 0 Å². The largest absolute Gasteiger partial charge is 0.271 e. The maximum Gasteiger partial charge on any atom is 0.264 e. The molecule has 0 radical (unpaired) electrons. The van der Waals surface area contributed by atoms with E-state index in [0.29, 0.717) is 15.9 Å². The summed E-state index contributed by atoms with van der Waals surface area (Å²) in [6.07, 6.45) is 0. The monoisotopic (exact) mass is 563 g/mol. The van der Waals surface area contributed by atoms with Gasteiger partial charge in [-0.15, -0.1) is 0 Å². The van der Waals surface area contributed by atoms with Gasteiger partial charge in [-0.2, -0.15) is 5.10 Å². The van der Waals surface area contributed by atoms with Crippen LogP contribution in [-0.4, -0.2) is 26.6 Å². The molecule has 0 atom stereocenters. The molecular weight excluding hydrogens is 546 g/mol. The van der Waals surface area contributed by atoms with Gasteiger partial charge in [0.15, 0.2) is 0 Å². The van der Waals surface area contributed by atoms with Gasteiger partial charge in [0.05, 0.1) is 16.3 Å². The number of carbonyl (C=O) groups excluding carboxylic acids is 1. The van der Waals surface area contributed by atoms with Crippen molar-refractivity contribution in [1.29, 1.82) is 0 Å². The summed E-state index contributed by atoms with van der Waals surface area (Å²) in [7, 11) is -3.96. The van der Waals surface area contributed by atoms with Gasteiger partial charge in [0, 0.05) is 8.95 Å². The molecule has 0 unspecified atom stereocenters. The summed E-state index contributed by atoms with van der Waals surface area (Å²) in [5.74, 6) is -0.559. The van der Waals surface area contributed by atoms with Gasteiger partial charge in [0.2, 0.25) is 0 Å². The highest BCUT2D eigenvalue weighted by molar-refractivity contribution is 9.10. The summed E-state index contributed by atoms with van der Waals surface area (Å²) >= 11 is 6.73. The lowest BCUT2D eigenvalue weighted by molar-refractivity contribution is -0.119. The van der Waals surface area contributed by atoms with Crippen LogP contribution in [0.3, 0.4) is 0 Å². The van der Waals surface area contributed by atoms with Gasteiger partial charge < -0.3 is 0 Å². The molecule has 0 fully saturated rings. The molecule has 3 aromatic carbocycles. The Balaban J connectivity index is 1.86. The molecule has 6 nitrogen and oxygen atoms in total. The molecule has 9 heteroatoms. The first-order chi connectivity index (χ1) is 14.8. The van der Waals surface area contributed by atoms with E-state index in [0.717, 1.165) is 14.3 Å². The van der Waals surface area contributed by atoms with Gasteiger partial charge in [-0.1, -0.05) is 68.3 Å². The van der Waals surface area contributed by atoms with Crippen molar-refractivity contribution < 1.29 is 13.2 Å². The molecule has 3 rings (SSSR count). The van der Waals surface area contributed by atoms with Crippen molar-refractivity contribution in [3.8, 4) is 0 Å². The Labute approximate surface area is 198 Å². The molecule has 1 N–H and O–H groups in total. The lowest BCUT2D eigenvalue weighted by Crippen LogP contribution is -2.39. The highest BCUT2D eigenvalue weighted by atomic mass is 79.9. The van der Waals surface area contributed by atoms with E-state index in [1.807, 2.05) is 24.3 Å². The van der Waals surface area contributed by atoms with Crippen molar-refractivity contribution in [3.63, 3.8) is 0 Å². The normalized spacial score (nSPS) is 11.8. The summed E-state index contributed by atoms with van der Waals surface area (Å²) < 4.78 is 29.2. The zero-order chi connectivity index (χ0) is 22.4.